The summed E-state index contributed by atoms with van der Waals surface area (Å²) in [5.41, 5.74) is 0.345. The highest BCUT2D eigenvalue weighted by Crippen LogP contribution is 2.30. The summed E-state index contributed by atoms with van der Waals surface area (Å²) in [6, 6.07) is 3.49. The van der Waals surface area contributed by atoms with Gasteiger partial charge in [0.05, 0.1) is 0 Å². The van der Waals surface area contributed by atoms with Crippen molar-refractivity contribution in [2.75, 3.05) is 18.9 Å². The van der Waals surface area contributed by atoms with Crippen LogP contribution in [0.2, 0.25) is 0 Å². The van der Waals surface area contributed by atoms with Crippen LogP contribution in [0.1, 0.15) is 36.7 Å². The van der Waals surface area contributed by atoms with Crippen molar-refractivity contribution < 1.29 is 4.79 Å². The van der Waals surface area contributed by atoms with Crippen LogP contribution in [0.15, 0.2) is 12.1 Å². The van der Waals surface area contributed by atoms with Crippen molar-refractivity contribution in [2.24, 2.45) is 11.8 Å². The van der Waals surface area contributed by atoms with Crippen LogP contribution in [0.25, 0.3) is 0 Å². The molecule has 1 fully saturated rings. The van der Waals surface area contributed by atoms with Gasteiger partial charge in [-0.3, -0.25) is 4.79 Å². The molecule has 1 aromatic rings. The molecule has 0 saturated heterocycles. The Balaban J connectivity index is 1.85. The minimum absolute atomic E-state index is 0.210. The average molecular weight is 248 g/mol. The van der Waals surface area contributed by atoms with Gasteiger partial charge in [0.1, 0.15) is 5.82 Å². The van der Waals surface area contributed by atoms with E-state index in [0.29, 0.717) is 5.69 Å². The molecule has 2 N–H and O–H groups in total. The summed E-state index contributed by atoms with van der Waals surface area (Å²) in [6.45, 7) is 3.25. The zero-order chi connectivity index (χ0) is 13.0. The molecule has 0 bridgehead atoms. The van der Waals surface area contributed by atoms with Crippen molar-refractivity contribution in [1.29, 1.82) is 0 Å². The molecule has 98 valence electrons. The first kappa shape index (κ1) is 12.8. The lowest BCUT2D eigenvalue weighted by Gasteiger charge is -2.11. The molecular weight excluding hydrogens is 228 g/mol. The number of nitrogens with zero attached hydrogens (tertiary/aromatic N) is 2. The van der Waals surface area contributed by atoms with Gasteiger partial charge < -0.3 is 10.6 Å². The largest absolute Gasteiger partial charge is 0.368 e. The Hall–Kier alpha value is -1.65. The summed E-state index contributed by atoms with van der Waals surface area (Å²) in [7, 11) is 1.58. The fourth-order valence-corrected chi connectivity index (χ4v) is 2.43. The van der Waals surface area contributed by atoms with Crippen LogP contribution in [-0.4, -0.2) is 29.7 Å². The highest BCUT2D eigenvalue weighted by molar-refractivity contribution is 5.91. The number of amides is 1. The van der Waals surface area contributed by atoms with Gasteiger partial charge in [-0.15, -0.1) is 10.2 Å². The van der Waals surface area contributed by atoms with E-state index < -0.39 is 0 Å². The SMILES string of the molecule is CNC(=O)c1ccc(NCC2CCC(C)C2)nn1. The van der Waals surface area contributed by atoms with Crippen molar-refractivity contribution in [3.63, 3.8) is 0 Å². The number of carbonyl (C=O) groups excluding carboxylic acids is 1. The third-order valence-electron chi connectivity index (χ3n) is 3.50. The molecule has 0 radical (unpaired) electrons. The van der Waals surface area contributed by atoms with Crippen LogP contribution < -0.4 is 10.6 Å². The van der Waals surface area contributed by atoms with E-state index in [1.54, 1.807) is 19.2 Å². The minimum atomic E-state index is -0.210. The van der Waals surface area contributed by atoms with Crippen molar-refractivity contribution in [3.8, 4) is 0 Å². The normalized spacial score (nSPS) is 22.8. The molecule has 2 unspecified atom stereocenters. The Morgan fingerprint density at radius 3 is 2.78 bits per heavy atom. The standard InChI is InChI=1S/C13H20N4O/c1-9-3-4-10(7-9)8-15-12-6-5-11(16-17-12)13(18)14-2/h5-6,9-10H,3-4,7-8H2,1-2H3,(H,14,18)(H,15,17). The van der Waals surface area contributed by atoms with Gasteiger partial charge in [-0.25, -0.2) is 0 Å². The van der Waals surface area contributed by atoms with E-state index >= 15 is 0 Å². The number of carbonyl (C=O) groups is 1. The molecule has 5 heteroatoms. The van der Waals surface area contributed by atoms with E-state index in [-0.39, 0.29) is 5.91 Å². The zero-order valence-corrected chi connectivity index (χ0v) is 10.9. The van der Waals surface area contributed by atoms with Gasteiger partial charge >= 0.3 is 0 Å². The molecule has 5 nitrogen and oxygen atoms in total. The Labute approximate surface area is 107 Å². The Morgan fingerprint density at radius 2 is 2.22 bits per heavy atom. The number of hydrogen-bond donors (Lipinski definition) is 2. The molecule has 0 spiro atoms. The zero-order valence-electron chi connectivity index (χ0n) is 10.9. The Kier molecular flexibility index (Phi) is 4.12. The topological polar surface area (TPSA) is 66.9 Å². The van der Waals surface area contributed by atoms with E-state index in [2.05, 4.69) is 27.8 Å². The highest BCUT2D eigenvalue weighted by atomic mass is 16.1. The van der Waals surface area contributed by atoms with Crippen LogP contribution in [0.4, 0.5) is 5.82 Å². The number of anilines is 1. The molecule has 18 heavy (non-hydrogen) atoms. The van der Waals surface area contributed by atoms with Gasteiger partial charge in [0.25, 0.3) is 5.91 Å². The fraction of sp³-hybridized carbons (Fsp3) is 0.615. The number of nitrogens with one attached hydrogen (secondary N) is 2. The molecular formula is C13H20N4O. The number of aromatic nitrogens is 2. The smallest absolute Gasteiger partial charge is 0.271 e. The molecule has 1 aromatic heterocycles. The van der Waals surface area contributed by atoms with Crippen LogP contribution in [-0.2, 0) is 0 Å². The predicted octanol–water partition coefficient (Wildman–Crippen LogP) is 1.68. The molecule has 1 aliphatic rings. The van der Waals surface area contributed by atoms with Gasteiger partial charge in [0, 0.05) is 13.6 Å². The Morgan fingerprint density at radius 1 is 1.39 bits per heavy atom. The molecule has 0 aromatic carbocycles. The molecule has 1 aliphatic carbocycles. The van der Waals surface area contributed by atoms with Gasteiger partial charge in [-0.1, -0.05) is 13.3 Å². The first-order valence-electron chi connectivity index (χ1n) is 6.48. The van der Waals surface area contributed by atoms with E-state index in [9.17, 15) is 4.79 Å². The highest BCUT2D eigenvalue weighted by Gasteiger charge is 2.20. The van der Waals surface area contributed by atoms with Crippen LogP contribution >= 0.6 is 0 Å². The lowest BCUT2D eigenvalue weighted by Crippen LogP contribution is -2.20. The molecule has 2 atom stereocenters. The summed E-state index contributed by atoms with van der Waals surface area (Å²) in [5.74, 6) is 2.11. The van der Waals surface area contributed by atoms with Gasteiger partial charge in [0.2, 0.25) is 0 Å². The van der Waals surface area contributed by atoms with Crippen molar-refractivity contribution >= 4 is 11.7 Å². The first-order chi connectivity index (χ1) is 8.69. The third kappa shape index (κ3) is 3.18. The summed E-state index contributed by atoms with van der Waals surface area (Å²) >= 11 is 0. The second kappa shape index (κ2) is 5.80. The second-order valence-corrected chi connectivity index (χ2v) is 5.05. The van der Waals surface area contributed by atoms with Crippen molar-refractivity contribution in [1.82, 2.24) is 15.5 Å². The fourth-order valence-electron chi connectivity index (χ4n) is 2.43. The van der Waals surface area contributed by atoms with Gasteiger partial charge in [0.15, 0.2) is 5.69 Å². The molecule has 1 heterocycles. The maximum Gasteiger partial charge on any atom is 0.271 e. The average Bonchev–Trinajstić information content (AvgIpc) is 2.82. The summed E-state index contributed by atoms with van der Waals surface area (Å²) in [4.78, 5) is 11.3. The van der Waals surface area contributed by atoms with Crippen molar-refractivity contribution in [2.45, 2.75) is 26.2 Å². The predicted molar refractivity (Wildman–Crippen MR) is 70.4 cm³/mol. The Bertz CT molecular complexity index is 404. The van der Waals surface area contributed by atoms with E-state index in [1.807, 2.05) is 0 Å². The molecule has 1 amide bonds. The van der Waals surface area contributed by atoms with E-state index in [0.717, 1.165) is 24.2 Å². The van der Waals surface area contributed by atoms with E-state index in [1.165, 1.54) is 19.3 Å². The quantitative estimate of drug-likeness (QED) is 0.851. The van der Waals surface area contributed by atoms with Crippen LogP contribution in [0.5, 0.6) is 0 Å². The van der Waals surface area contributed by atoms with Crippen molar-refractivity contribution in [3.05, 3.63) is 17.8 Å². The first-order valence-corrected chi connectivity index (χ1v) is 6.48. The summed E-state index contributed by atoms with van der Waals surface area (Å²) in [5, 5.41) is 13.7. The minimum Gasteiger partial charge on any atom is -0.368 e. The number of rotatable bonds is 4. The maximum absolute atomic E-state index is 11.3. The van der Waals surface area contributed by atoms with Gasteiger partial charge in [-0.2, -0.15) is 0 Å². The maximum atomic E-state index is 11.3. The lowest BCUT2D eigenvalue weighted by molar-refractivity contribution is 0.0957. The van der Waals surface area contributed by atoms with E-state index in [4.69, 9.17) is 0 Å². The second-order valence-electron chi connectivity index (χ2n) is 5.05. The summed E-state index contributed by atoms with van der Waals surface area (Å²) in [6.07, 6.45) is 3.91. The summed E-state index contributed by atoms with van der Waals surface area (Å²) < 4.78 is 0. The molecule has 1 saturated carbocycles. The molecule has 2 rings (SSSR count). The van der Waals surface area contributed by atoms with Crippen LogP contribution in [0, 0.1) is 11.8 Å². The third-order valence-corrected chi connectivity index (χ3v) is 3.50. The van der Waals surface area contributed by atoms with Crippen LogP contribution in [0.3, 0.4) is 0 Å². The number of hydrogen-bond acceptors (Lipinski definition) is 4. The lowest BCUT2D eigenvalue weighted by atomic mass is 10.1. The molecule has 0 aliphatic heterocycles. The monoisotopic (exact) mass is 248 g/mol. The van der Waals surface area contributed by atoms with Gasteiger partial charge in [-0.05, 0) is 36.8 Å².